The van der Waals surface area contributed by atoms with E-state index < -0.39 is 18.2 Å². The van der Waals surface area contributed by atoms with Crippen LogP contribution in [0.3, 0.4) is 0 Å². The fourth-order valence-electron chi connectivity index (χ4n) is 6.01. The Morgan fingerprint density at radius 1 is 1.05 bits per heavy atom. The number of hydrogen-bond acceptors (Lipinski definition) is 9. The molecule has 2 aromatic rings. The second kappa shape index (κ2) is 9.32. The Balaban J connectivity index is 1.29. The van der Waals surface area contributed by atoms with Crippen LogP contribution in [0.25, 0.3) is 6.08 Å². The lowest BCUT2D eigenvalue weighted by Gasteiger charge is -2.45. The lowest BCUT2D eigenvalue weighted by Crippen LogP contribution is -2.51. The number of esters is 1. The van der Waals surface area contributed by atoms with Crippen molar-refractivity contribution >= 4 is 12.0 Å². The van der Waals surface area contributed by atoms with E-state index in [9.17, 15) is 9.90 Å². The van der Waals surface area contributed by atoms with Crippen LogP contribution in [0.5, 0.6) is 28.7 Å². The van der Waals surface area contributed by atoms with Crippen molar-refractivity contribution in [1.29, 1.82) is 0 Å². The van der Waals surface area contributed by atoms with Crippen LogP contribution in [0.15, 0.2) is 42.0 Å². The second-order valence-corrected chi connectivity index (χ2v) is 9.52. The van der Waals surface area contributed by atoms with Gasteiger partial charge in [0.25, 0.3) is 0 Å². The van der Waals surface area contributed by atoms with E-state index in [1.54, 1.807) is 18.2 Å². The highest BCUT2D eigenvalue weighted by atomic mass is 16.7. The molecular formula is C28H29NO8. The Bertz CT molecular complexity index is 1280. The molecule has 1 fully saturated rings. The van der Waals surface area contributed by atoms with Crippen molar-refractivity contribution in [3.05, 3.63) is 58.7 Å². The smallest absolute Gasteiger partial charge is 0.331 e. The largest absolute Gasteiger partial charge is 0.493 e. The standard InChI is InChI=1S/C28H29NO8/c1-32-22-8-15(9-23(33-2)28(22)34-3)4-5-24(31)37-27-19(30)10-16-6-7-29-13-17-11-20-21(36-14-35-20)12-18(17)25(27)26(16)29/h4-5,8-12,19,25-27,30H,6-7,13-14H2,1-3H3/b5-4+/t19-,25?,26?,27+/m0/s1. The maximum atomic E-state index is 13.0. The lowest BCUT2D eigenvalue weighted by molar-refractivity contribution is -0.150. The second-order valence-electron chi connectivity index (χ2n) is 9.52. The molecule has 9 heteroatoms. The summed E-state index contributed by atoms with van der Waals surface area (Å²) in [5.41, 5.74) is 4.01. The van der Waals surface area contributed by atoms with Crippen molar-refractivity contribution in [2.24, 2.45) is 0 Å². The summed E-state index contributed by atoms with van der Waals surface area (Å²) in [6.45, 7) is 1.87. The molecule has 0 aromatic heterocycles. The van der Waals surface area contributed by atoms with Gasteiger partial charge in [0, 0.05) is 31.1 Å². The fraction of sp³-hybridized carbons (Fsp3) is 0.393. The van der Waals surface area contributed by atoms with Crippen molar-refractivity contribution in [1.82, 2.24) is 4.90 Å². The zero-order valence-corrected chi connectivity index (χ0v) is 20.9. The predicted octanol–water partition coefficient (Wildman–Crippen LogP) is 3.04. The molecule has 0 saturated carbocycles. The highest BCUT2D eigenvalue weighted by molar-refractivity contribution is 5.87. The molecule has 37 heavy (non-hydrogen) atoms. The van der Waals surface area contributed by atoms with Crippen molar-refractivity contribution in [2.75, 3.05) is 34.7 Å². The van der Waals surface area contributed by atoms with Gasteiger partial charge in [-0.25, -0.2) is 4.79 Å². The van der Waals surface area contributed by atoms with Crippen LogP contribution < -0.4 is 23.7 Å². The summed E-state index contributed by atoms with van der Waals surface area (Å²) >= 11 is 0. The zero-order valence-electron chi connectivity index (χ0n) is 20.9. The van der Waals surface area contributed by atoms with Crippen LogP contribution >= 0.6 is 0 Å². The molecule has 9 nitrogen and oxygen atoms in total. The average molecular weight is 508 g/mol. The highest BCUT2D eigenvalue weighted by Gasteiger charge is 2.50. The number of nitrogens with zero attached hydrogens (tertiary/aromatic N) is 1. The monoisotopic (exact) mass is 507 g/mol. The van der Waals surface area contributed by atoms with Gasteiger partial charge in [0.05, 0.1) is 21.3 Å². The van der Waals surface area contributed by atoms with Crippen LogP contribution in [-0.4, -0.2) is 68.9 Å². The van der Waals surface area contributed by atoms with Gasteiger partial charge < -0.3 is 33.5 Å². The van der Waals surface area contributed by atoms with Crippen molar-refractivity contribution < 1.29 is 38.3 Å². The lowest BCUT2D eigenvalue weighted by atomic mass is 9.73. The number of hydrogen-bond donors (Lipinski definition) is 1. The van der Waals surface area contributed by atoms with E-state index in [0.717, 1.165) is 36.4 Å². The summed E-state index contributed by atoms with van der Waals surface area (Å²) in [6.07, 6.45) is 4.07. The molecule has 2 unspecified atom stereocenters. The van der Waals surface area contributed by atoms with Crippen molar-refractivity contribution in [2.45, 2.75) is 37.1 Å². The van der Waals surface area contributed by atoms with Crippen molar-refractivity contribution in [3.8, 4) is 28.7 Å². The molecule has 0 radical (unpaired) electrons. The number of carbonyl (C=O) groups is 1. The number of methoxy groups -OCH3 is 3. The predicted molar refractivity (Wildman–Crippen MR) is 133 cm³/mol. The minimum absolute atomic E-state index is 0.0770. The zero-order chi connectivity index (χ0) is 25.7. The van der Waals surface area contributed by atoms with E-state index >= 15 is 0 Å². The van der Waals surface area contributed by atoms with E-state index in [4.69, 9.17) is 28.4 Å². The molecule has 1 saturated heterocycles. The normalized spacial score (nSPS) is 25.4. The molecule has 1 N–H and O–H groups in total. The number of rotatable bonds is 6. The van der Waals surface area contributed by atoms with Gasteiger partial charge >= 0.3 is 5.97 Å². The number of fused-ring (bicyclic) bond motifs is 3. The Morgan fingerprint density at radius 3 is 2.49 bits per heavy atom. The highest BCUT2D eigenvalue weighted by Crippen LogP contribution is 2.50. The number of benzene rings is 2. The van der Waals surface area contributed by atoms with Gasteiger partial charge in [0.15, 0.2) is 23.0 Å². The third-order valence-electron chi connectivity index (χ3n) is 7.59. The average Bonchev–Trinajstić information content (AvgIpc) is 3.53. The Labute approximate surface area is 214 Å². The maximum Gasteiger partial charge on any atom is 0.331 e. The minimum Gasteiger partial charge on any atom is -0.493 e. The molecule has 4 aliphatic rings. The van der Waals surface area contributed by atoms with Crippen LogP contribution in [0.2, 0.25) is 0 Å². The summed E-state index contributed by atoms with van der Waals surface area (Å²) in [5.74, 6) is 2.08. The topological polar surface area (TPSA) is 95.9 Å². The van der Waals surface area contributed by atoms with Crippen LogP contribution in [0.4, 0.5) is 0 Å². The van der Waals surface area contributed by atoms with Gasteiger partial charge in [0.1, 0.15) is 12.2 Å². The third-order valence-corrected chi connectivity index (χ3v) is 7.59. The molecule has 194 valence electrons. The minimum atomic E-state index is -0.911. The summed E-state index contributed by atoms with van der Waals surface area (Å²) in [7, 11) is 4.60. The summed E-state index contributed by atoms with van der Waals surface area (Å²) < 4.78 is 33.3. The molecule has 3 aliphatic heterocycles. The first-order valence-corrected chi connectivity index (χ1v) is 12.2. The molecule has 0 amide bonds. The molecule has 4 atom stereocenters. The fourth-order valence-corrected chi connectivity index (χ4v) is 6.01. The molecule has 6 rings (SSSR count). The molecule has 2 aromatic carbocycles. The van der Waals surface area contributed by atoms with Gasteiger partial charge in [0.2, 0.25) is 12.5 Å². The summed E-state index contributed by atoms with van der Waals surface area (Å²) in [6, 6.07) is 7.56. The summed E-state index contributed by atoms with van der Waals surface area (Å²) in [5, 5.41) is 11.1. The molecule has 3 heterocycles. The van der Waals surface area contributed by atoms with Crippen molar-refractivity contribution in [3.63, 3.8) is 0 Å². The number of aliphatic hydroxyl groups excluding tert-OH is 1. The molecular weight excluding hydrogens is 478 g/mol. The maximum absolute atomic E-state index is 13.0. The van der Waals surface area contributed by atoms with E-state index in [-0.39, 0.29) is 18.8 Å². The SMILES string of the molecule is COc1cc(/C=C/C(=O)O[C@H]2C3c4cc5c(cc4CN4CCC(=C[C@@H]2O)C34)OCO5)cc(OC)c1OC. The van der Waals surface area contributed by atoms with E-state index in [2.05, 4.69) is 4.90 Å². The molecule has 0 spiro atoms. The van der Waals surface area contributed by atoms with Crippen LogP contribution in [0, 0.1) is 0 Å². The van der Waals surface area contributed by atoms with E-state index in [1.807, 2.05) is 18.2 Å². The third kappa shape index (κ3) is 3.98. The molecule has 1 aliphatic carbocycles. The van der Waals surface area contributed by atoms with Gasteiger partial charge in [-0.2, -0.15) is 0 Å². The summed E-state index contributed by atoms with van der Waals surface area (Å²) in [4.78, 5) is 15.4. The van der Waals surface area contributed by atoms with Gasteiger partial charge in [-0.1, -0.05) is 11.6 Å². The first kappa shape index (κ1) is 23.7. The first-order valence-electron chi connectivity index (χ1n) is 12.2. The molecule has 0 bridgehead atoms. The van der Waals surface area contributed by atoms with Crippen LogP contribution in [-0.2, 0) is 16.1 Å². The van der Waals surface area contributed by atoms with E-state index in [0.29, 0.717) is 28.6 Å². The van der Waals surface area contributed by atoms with Gasteiger partial charge in [-0.3, -0.25) is 4.90 Å². The Morgan fingerprint density at radius 2 is 1.78 bits per heavy atom. The quantitative estimate of drug-likeness (QED) is 0.360. The number of carbonyl (C=O) groups excluding carboxylic acids is 1. The number of aliphatic hydroxyl groups is 1. The van der Waals surface area contributed by atoms with E-state index in [1.165, 1.54) is 33.0 Å². The van der Waals surface area contributed by atoms with Crippen LogP contribution in [0.1, 0.15) is 29.0 Å². The Kier molecular flexibility index (Phi) is 5.97. The first-order chi connectivity index (χ1) is 18.0. The Hall–Kier alpha value is -3.69. The number of ether oxygens (including phenoxy) is 6. The van der Waals surface area contributed by atoms with Gasteiger partial charge in [-0.05, 0) is 53.5 Å². The van der Waals surface area contributed by atoms with Gasteiger partial charge in [-0.15, -0.1) is 0 Å².